The average molecular weight is 320 g/mol. The van der Waals surface area contributed by atoms with Gasteiger partial charge in [-0.15, -0.1) is 11.3 Å². The number of carbonyl (C=O) groups excluding carboxylic acids is 1. The second-order valence-electron chi connectivity index (χ2n) is 4.87. The molecule has 2 amide bonds. The van der Waals surface area contributed by atoms with E-state index in [0.717, 1.165) is 10.7 Å². The third-order valence-electron chi connectivity index (χ3n) is 2.94. The molecule has 22 heavy (non-hydrogen) atoms. The molecule has 0 spiro atoms. The van der Waals surface area contributed by atoms with Crippen molar-refractivity contribution in [1.29, 1.82) is 0 Å². The van der Waals surface area contributed by atoms with Crippen LogP contribution in [0.15, 0.2) is 29.6 Å². The topological polar surface area (TPSA) is 97.2 Å². The van der Waals surface area contributed by atoms with Crippen molar-refractivity contribution in [2.45, 2.75) is 19.8 Å². The number of amides is 2. The maximum absolute atomic E-state index is 11.8. The molecule has 0 aliphatic heterocycles. The molecule has 2 rings (SSSR count). The van der Waals surface area contributed by atoms with E-state index in [9.17, 15) is 14.9 Å². The Morgan fingerprint density at radius 3 is 2.91 bits per heavy atom. The van der Waals surface area contributed by atoms with Crippen molar-refractivity contribution in [2.24, 2.45) is 0 Å². The van der Waals surface area contributed by atoms with E-state index >= 15 is 0 Å². The van der Waals surface area contributed by atoms with E-state index in [4.69, 9.17) is 0 Å². The smallest absolute Gasteiger partial charge is 0.319 e. The molecule has 0 bridgehead atoms. The molecule has 0 fully saturated rings. The van der Waals surface area contributed by atoms with E-state index in [1.165, 1.54) is 18.2 Å². The fourth-order valence-corrected chi connectivity index (χ4v) is 2.66. The van der Waals surface area contributed by atoms with E-state index in [-0.39, 0.29) is 11.6 Å². The molecule has 0 radical (unpaired) electrons. The standard InChI is InChI=1S/C14H16N4O3S/c1-9(13-16-10(2)8-22-13)7-15-14(19)17-11-4-3-5-12(6-11)18(20)21/h3-6,8-9H,7H2,1-2H3,(H2,15,17,19)/t9-/m1/s1. The predicted molar refractivity (Wildman–Crippen MR) is 85.4 cm³/mol. The zero-order valence-electron chi connectivity index (χ0n) is 12.2. The van der Waals surface area contributed by atoms with Crippen LogP contribution in [-0.2, 0) is 0 Å². The number of non-ortho nitro benzene ring substituents is 1. The second kappa shape index (κ2) is 6.99. The van der Waals surface area contributed by atoms with Gasteiger partial charge in [-0.25, -0.2) is 9.78 Å². The third-order valence-corrected chi connectivity index (χ3v) is 4.14. The van der Waals surface area contributed by atoms with Crippen molar-refractivity contribution in [1.82, 2.24) is 10.3 Å². The molecule has 0 saturated carbocycles. The van der Waals surface area contributed by atoms with Crippen molar-refractivity contribution in [2.75, 3.05) is 11.9 Å². The number of rotatable bonds is 5. The summed E-state index contributed by atoms with van der Waals surface area (Å²) in [7, 11) is 0. The molecule has 1 aromatic carbocycles. The molecule has 7 nitrogen and oxygen atoms in total. The van der Waals surface area contributed by atoms with Crippen LogP contribution in [0, 0.1) is 17.0 Å². The Bertz CT molecular complexity index is 686. The van der Waals surface area contributed by atoms with Crippen LogP contribution in [0.2, 0.25) is 0 Å². The highest BCUT2D eigenvalue weighted by molar-refractivity contribution is 7.09. The summed E-state index contributed by atoms with van der Waals surface area (Å²) in [5.41, 5.74) is 1.28. The van der Waals surface area contributed by atoms with Gasteiger partial charge in [-0.1, -0.05) is 13.0 Å². The number of carbonyl (C=O) groups is 1. The van der Waals surface area contributed by atoms with Crippen LogP contribution in [0.4, 0.5) is 16.2 Å². The molecule has 0 saturated heterocycles. The first kappa shape index (κ1) is 15.9. The van der Waals surface area contributed by atoms with Gasteiger partial charge >= 0.3 is 6.03 Å². The number of anilines is 1. The number of hydrogen-bond acceptors (Lipinski definition) is 5. The van der Waals surface area contributed by atoms with Crippen molar-refractivity contribution in [3.8, 4) is 0 Å². The number of thiazole rings is 1. The number of benzene rings is 1. The van der Waals surface area contributed by atoms with Crippen LogP contribution in [-0.4, -0.2) is 22.5 Å². The Hall–Kier alpha value is -2.48. The maximum atomic E-state index is 11.8. The largest absolute Gasteiger partial charge is 0.337 e. The van der Waals surface area contributed by atoms with Gasteiger partial charge in [0, 0.05) is 41.4 Å². The van der Waals surface area contributed by atoms with E-state index in [1.54, 1.807) is 17.4 Å². The van der Waals surface area contributed by atoms with Crippen LogP contribution >= 0.6 is 11.3 Å². The lowest BCUT2D eigenvalue weighted by atomic mass is 10.2. The summed E-state index contributed by atoms with van der Waals surface area (Å²) in [5.74, 6) is 0.106. The highest BCUT2D eigenvalue weighted by Gasteiger charge is 2.12. The molecule has 2 aromatic rings. The van der Waals surface area contributed by atoms with Crippen LogP contribution in [0.3, 0.4) is 0 Å². The first-order valence-corrected chi connectivity index (χ1v) is 7.55. The van der Waals surface area contributed by atoms with Gasteiger partial charge in [0.1, 0.15) is 0 Å². The summed E-state index contributed by atoms with van der Waals surface area (Å²) < 4.78 is 0. The summed E-state index contributed by atoms with van der Waals surface area (Å²) >= 11 is 1.56. The van der Waals surface area contributed by atoms with Gasteiger partial charge in [0.05, 0.1) is 9.93 Å². The SMILES string of the molecule is Cc1csc([C@H](C)CNC(=O)Nc2cccc([N+](=O)[O-])c2)n1. The van der Waals surface area contributed by atoms with Crippen molar-refractivity contribution < 1.29 is 9.72 Å². The molecule has 116 valence electrons. The van der Waals surface area contributed by atoms with E-state index < -0.39 is 11.0 Å². The highest BCUT2D eigenvalue weighted by atomic mass is 32.1. The number of urea groups is 1. The molecule has 0 unspecified atom stereocenters. The van der Waals surface area contributed by atoms with Gasteiger partial charge < -0.3 is 10.6 Å². The predicted octanol–water partition coefficient (Wildman–Crippen LogP) is 3.28. The number of nitro benzene ring substituents is 1. The minimum Gasteiger partial charge on any atom is -0.337 e. The third kappa shape index (κ3) is 4.26. The Kier molecular flexibility index (Phi) is 5.05. The molecular formula is C14H16N4O3S. The van der Waals surface area contributed by atoms with Crippen molar-refractivity contribution >= 4 is 28.7 Å². The van der Waals surface area contributed by atoms with Crippen molar-refractivity contribution in [3.63, 3.8) is 0 Å². The zero-order chi connectivity index (χ0) is 16.1. The first-order chi connectivity index (χ1) is 10.5. The number of hydrogen-bond donors (Lipinski definition) is 2. The molecule has 8 heteroatoms. The molecular weight excluding hydrogens is 304 g/mol. The quantitative estimate of drug-likeness (QED) is 0.652. The highest BCUT2D eigenvalue weighted by Crippen LogP contribution is 2.19. The number of aromatic nitrogens is 1. The van der Waals surface area contributed by atoms with Crippen LogP contribution in [0.5, 0.6) is 0 Å². The minimum atomic E-state index is -0.504. The normalized spacial score (nSPS) is 11.7. The van der Waals surface area contributed by atoms with Crippen LogP contribution in [0.25, 0.3) is 0 Å². The summed E-state index contributed by atoms with van der Waals surface area (Å²) in [4.78, 5) is 26.4. The fourth-order valence-electron chi connectivity index (χ4n) is 1.80. The Labute approximate surface area is 131 Å². The van der Waals surface area contributed by atoms with Crippen molar-refractivity contribution in [3.05, 3.63) is 50.5 Å². The van der Waals surface area contributed by atoms with Gasteiger partial charge in [0.25, 0.3) is 5.69 Å². The molecule has 0 aliphatic rings. The van der Waals surface area contributed by atoms with Crippen LogP contribution in [0.1, 0.15) is 23.5 Å². The van der Waals surface area contributed by atoms with Crippen LogP contribution < -0.4 is 10.6 Å². The lowest BCUT2D eigenvalue weighted by Crippen LogP contribution is -2.31. The van der Waals surface area contributed by atoms with E-state index in [2.05, 4.69) is 15.6 Å². The maximum Gasteiger partial charge on any atom is 0.319 e. The second-order valence-corrected chi connectivity index (χ2v) is 5.76. The number of nitrogens with zero attached hydrogens (tertiary/aromatic N) is 2. The summed E-state index contributed by atoms with van der Waals surface area (Å²) in [6, 6.07) is 5.40. The van der Waals surface area contributed by atoms with Gasteiger partial charge in [0.15, 0.2) is 0 Å². The number of nitro groups is 1. The first-order valence-electron chi connectivity index (χ1n) is 6.67. The molecule has 2 N–H and O–H groups in total. The van der Waals surface area contributed by atoms with E-state index in [1.807, 2.05) is 19.2 Å². The Morgan fingerprint density at radius 2 is 2.27 bits per heavy atom. The fraction of sp³-hybridized carbons (Fsp3) is 0.286. The van der Waals surface area contributed by atoms with Gasteiger partial charge in [-0.05, 0) is 13.0 Å². The monoisotopic (exact) mass is 320 g/mol. The zero-order valence-corrected chi connectivity index (χ0v) is 13.0. The lowest BCUT2D eigenvalue weighted by molar-refractivity contribution is -0.384. The lowest BCUT2D eigenvalue weighted by Gasteiger charge is -2.11. The Morgan fingerprint density at radius 1 is 1.50 bits per heavy atom. The molecule has 1 heterocycles. The van der Waals surface area contributed by atoms with Gasteiger partial charge in [-0.3, -0.25) is 10.1 Å². The number of nitrogens with one attached hydrogen (secondary N) is 2. The molecule has 1 atom stereocenters. The molecule has 0 aliphatic carbocycles. The summed E-state index contributed by atoms with van der Waals surface area (Å²) in [6.07, 6.45) is 0. The van der Waals surface area contributed by atoms with E-state index in [0.29, 0.717) is 12.2 Å². The van der Waals surface area contributed by atoms with Gasteiger partial charge in [0.2, 0.25) is 0 Å². The Balaban J connectivity index is 1.88. The average Bonchev–Trinajstić information content (AvgIpc) is 2.91. The van der Waals surface area contributed by atoms with Gasteiger partial charge in [-0.2, -0.15) is 0 Å². The summed E-state index contributed by atoms with van der Waals surface area (Å²) in [5, 5.41) is 18.9. The summed E-state index contributed by atoms with van der Waals surface area (Å²) in [6.45, 7) is 4.34. The minimum absolute atomic E-state index is 0.0653. The molecule has 1 aromatic heterocycles. The number of aryl methyl sites for hydroxylation is 1.